The summed E-state index contributed by atoms with van der Waals surface area (Å²) in [4.78, 5) is 24.8. The molecular formula is C22H20ClNO4. The topological polar surface area (TPSA) is 75.6 Å². The number of hydrogen-bond acceptors (Lipinski definition) is 4. The Hall–Kier alpha value is -2.79. The highest BCUT2D eigenvalue weighted by Gasteiger charge is 2.55. The third-order valence-electron chi connectivity index (χ3n) is 5.58. The van der Waals surface area contributed by atoms with Crippen LogP contribution in [0.2, 0.25) is 5.02 Å². The van der Waals surface area contributed by atoms with Gasteiger partial charge in [-0.3, -0.25) is 9.59 Å². The fourth-order valence-electron chi connectivity index (χ4n) is 4.25. The van der Waals surface area contributed by atoms with Gasteiger partial charge in [0.15, 0.2) is 0 Å². The van der Waals surface area contributed by atoms with E-state index < -0.39 is 5.41 Å². The van der Waals surface area contributed by atoms with Crippen LogP contribution in [0.4, 0.5) is 5.69 Å². The van der Waals surface area contributed by atoms with Gasteiger partial charge >= 0.3 is 5.97 Å². The average molecular weight is 398 g/mol. The van der Waals surface area contributed by atoms with Gasteiger partial charge in [0.1, 0.15) is 5.75 Å². The molecule has 0 aromatic heterocycles. The first kappa shape index (κ1) is 18.6. The molecule has 2 unspecified atom stereocenters. The number of carbonyl (C=O) groups excluding carboxylic acids is 2. The molecule has 1 aliphatic heterocycles. The van der Waals surface area contributed by atoms with E-state index in [0.717, 1.165) is 17.6 Å². The molecule has 2 fully saturated rings. The highest BCUT2D eigenvalue weighted by atomic mass is 35.5. The lowest BCUT2D eigenvalue weighted by Gasteiger charge is -2.24. The number of fused-ring (bicyclic) bond motifs is 1. The van der Waals surface area contributed by atoms with Crippen LogP contribution in [0.5, 0.6) is 5.75 Å². The summed E-state index contributed by atoms with van der Waals surface area (Å²) in [5, 5.41) is 12.6. The molecule has 1 amide bonds. The van der Waals surface area contributed by atoms with Crippen molar-refractivity contribution in [2.24, 2.45) is 11.3 Å². The van der Waals surface area contributed by atoms with E-state index in [2.05, 4.69) is 11.9 Å². The number of cyclic esters (lactones) is 1. The van der Waals surface area contributed by atoms with Gasteiger partial charge in [0.25, 0.3) is 5.91 Å². The fourth-order valence-corrected chi connectivity index (χ4v) is 4.48. The maximum absolute atomic E-state index is 12.4. The second-order valence-electron chi connectivity index (χ2n) is 7.61. The van der Waals surface area contributed by atoms with Crippen LogP contribution in [0.15, 0.2) is 54.6 Å². The minimum atomic E-state index is -0.515. The fraction of sp³-hybridized carbons (Fsp3) is 0.273. The summed E-state index contributed by atoms with van der Waals surface area (Å²) in [6, 6.07) is 11.6. The Morgan fingerprint density at radius 3 is 2.75 bits per heavy atom. The van der Waals surface area contributed by atoms with E-state index in [1.807, 2.05) is 12.1 Å². The van der Waals surface area contributed by atoms with Crippen molar-refractivity contribution in [3.8, 4) is 5.75 Å². The lowest BCUT2D eigenvalue weighted by Crippen LogP contribution is -2.31. The van der Waals surface area contributed by atoms with E-state index in [0.29, 0.717) is 35.7 Å². The zero-order chi connectivity index (χ0) is 19.9. The summed E-state index contributed by atoms with van der Waals surface area (Å²) in [7, 11) is 0. The Balaban J connectivity index is 1.49. The molecule has 2 atom stereocenters. The van der Waals surface area contributed by atoms with E-state index in [-0.39, 0.29) is 23.5 Å². The number of esters is 1. The van der Waals surface area contributed by atoms with Crippen molar-refractivity contribution < 1.29 is 19.4 Å². The monoisotopic (exact) mass is 397 g/mol. The molecule has 2 aromatic rings. The predicted molar refractivity (Wildman–Crippen MR) is 106 cm³/mol. The molecule has 0 spiro atoms. The number of carbonyl (C=O) groups is 2. The molecule has 1 heterocycles. The quantitative estimate of drug-likeness (QED) is 0.594. The van der Waals surface area contributed by atoms with Crippen LogP contribution in [0.25, 0.3) is 0 Å². The number of anilines is 1. The average Bonchev–Trinajstić information content (AvgIpc) is 3.09. The molecule has 5 nitrogen and oxygen atoms in total. The maximum atomic E-state index is 12.4. The number of aromatic hydroxyl groups is 1. The maximum Gasteiger partial charge on any atom is 0.313 e. The van der Waals surface area contributed by atoms with Gasteiger partial charge in [0.05, 0.1) is 12.0 Å². The zero-order valence-electron chi connectivity index (χ0n) is 15.2. The van der Waals surface area contributed by atoms with E-state index in [9.17, 15) is 14.7 Å². The molecule has 144 valence electrons. The standard InChI is InChI=1S/C22H20ClNO4/c1-13-6-16-12-28-21(27)22(16,10-13)11-14-2-4-15(5-3-14)20(26)24-18-7-17(23)8-19(25)9-18/h2-5,7-9,16,25H,1,6,10-12H2,(H,24,26). The van der Waals surface area contributed by atoms with Gasteiger partial charge in [0, 0.05) is 28.3 Å². The van der Waals surface area contributed by atoms with Crippen LogP contribution in [0.1, 0.15) is 28.8 Å². The van der Waals surface area contributed by atoms with Crippen molar-refractivity contribution in [3.63, 3.8) is 0 Å². The van der Waals surface area contributed by atoms with Crippen LogP contribution in [-0.2, 0) is 16.0 Å². The molecule has 1 saturated heterocycles. The van der Waals surface area contributed by atoms with Gasteiger partial charge in [-0.2, -0.15) is 0 Å². The number of phenolic OH excluding ortho intramolecular Hbond substituents is 1. The molecular weight excluding hydrogens is 378 g/mol. The first-order valence-corrected chi connectivity index (χ1v) is 9.47. The first-order chi connectivity index (χ1) is 13.4. The Kier molecular flexibility index (Phi) is 4.63. The smallest absolute Gasteiger partial charge is 0.313 e. The van der Waals surface area contributed by atoms with Gasteiger partial charge in [-0.05, 0) is 49.1 Å². The van der Waals surface area contributed by atoms with Crippen LogP contribution in [0, 0.1) is 11.3 Å². The number of hydrogen-bond donors (Lipinski definition) is 2. The zero-order valence-corrected chi connectivity index (χ0v) is 16.0. The van der Waals surface area contributed by atoms with E-state index in [1.54, 1.807) is 18.2 Å². The van der Waals surface area contributed by atoms with Crippen LogP contribution < -0.4 is 5.32 Å². The Morgan fingerprint density at radius 2 is 2.04 bits per heavy atom. The molecule has 2 aromatic carbocycles. The summed E-state index contributed by atoms with van der Waals surface area (Å²) in [5.41, 5.74) is 2.46. The van der Waals surface area contributed by atoms with Crippen LogP contribution in [0.3, 0.4) is 0 Å². The van der Waals surface area contributed by atoms with E-state index in [4.69, 9.17) is 16.3 Å². The van der Waals surface area contributed by atoms with Gasteiger partial charge in [-0.25, -0.2) is 0 Å². The molecule has 1 aliphatic carbocycles. The minimum absolute atomic E-state index is 0.0199. The van der Waals surface area contributed by atoms with Crippen molar-refractivity contribution in [1.29, 1.82) is 0 Å². The molecule has 0 radical (unpaired) electrons. The SMILES string of the molecule is C=C1CC2COC(=O)C2(Cc2ccc(C(=O)Nc3cc(O)cc(Cl)c3)cc2)C1. The number of halogens is 1. The van der Waals surface area contributed by atoms with Gasteiger partial charge < -0.3 is 15.2 Å². The molecule has 28 heavy (non-hydrogen) atoms. The molecule has 0 bridgehead atoms. The first-order valence-electron chi connectivity index (χ1n) is 9.09. The predicted octanol–water partition coefficient (Wildman–Crippen LogP) is 4.35. The highest BCUT2D eigenvalue weighted by molar-refractivity contribution is 6.31. The van der Waals surface area contributed by atoms with Crippen molar-refractivity contribution in [1.82, 2.24) is 0 Å². The lowest BCUT2D eigenvalue weighted by atomic mass is 9.75. The third kappa shape index (κ3) is 3.38. The Bertz CT molecular complexity index is 949. The number of amides is 1. The molecule has 4 rings (SSSR count). The number of phenols is 1. The van der Waals surface area contributed by atoms with E-state index >= 15 is 0 Å². The number of nitrogens with one attached hydrogen (secondary N) is 1. The lowest BCUT2D eigenvalue weighted by molar-refractivity contribution is -0.146. The summed E-state index contributed by atoms with van der Waals surface area (Å²) < 4.78 is 5.32. The number of rotatable bonds is 4. The van der Waals surface area contributed by atoms with Crippen LogP contribution >= 0.6 is 11.6 Å². The molecule has 6 heteroatoms. The van der Waals surface area contributed by atoms with Gasteiger partial charge in [-0.15, -0.1) is 0 Å². The summed E-state index contributed by atoms with van der Waals surface area (Å²) in [6.07, 6.45) is 2.08. The summed E-state index contributed by atoms with van der Waals surface area (Å²) in [6.45, 7) is 4.52. The van der Waals surface area contributed by atoms with Crippen molar-refractivity contribution in [2.45, 2.75) is 19.3 Å². The largest absolute Gasteiger partial charge is 0.508 e. The number of ether oxygens (including phenoxy) is 1. The van der Waals surface area contributed by atoms with Crippen molar-refractivity contribution >= 4 is 29.2 Å². The van der Waals surface area contributed by atoms with Gasteiger partial charge in [-0.1, -0.05) is 35.9 Å². The van der Waals surface area contributed by atoms with Crippen molar-refractivity contribution in [3.05, 3.63) is 70.8 Å². The number of benzene rings is 2. The minimum Gasteiger partial charge on any atom is -0.508 e. The second-order valence-corrected chi connectivity index (χ2v) is 8.04. The molecule has 1 saturated carbocycles. The Labute approximate surface area is 168 Å². The van der Waals surface area contributed by atoms with Crippen LogP contribution in [-0.4, -0.2) is 23.6 Å². The second kappa shape index (κ2) is 6.99. The summed E-state index contributed by atoms with van der Waals surface area (Å²) >= 11 is 5.89. The normalized spacial score (nSPS) is 23.4. The highest BCUT2D eigenvalue weighted by Crippen LogP contribution is 2.52. The Morgan fingerprint density at radius 1 is 1.29 bits per heavy atom. The third-order valence-corrected chi connectivity index (χ3v) is 5.80. The van der Waals surface area contributed by atoms with Crippen molar-refractivity contribution in [2.75, 3.05) is 11.9 Å². The van der Waals surface area contributed by atoms with E-state index in [1.165, 1.54) is 12.1 Å². The number of allylic oxidation sites excluding steroid dienone is 1. The molecule has 2 N–H and O–H groups in total. The summed E-state index contributed by atoms with van der Waals surface area (Å²) in [5.74, 6) is -0.281. The van der Waals surface area contributed by atoms with Gasteiger partial charge in [0.2, 0.25) is 0 Å². The molecule has 2 aliphatic rings.